The molecule has 0 fully saturated rings. The van der Waals surface area contributed by atoms with Crippen LogP contribution in [0.3, 0.4) is 0 Å². The van der Waals surface area contributed by atoms with Gasteiger partial charge in [-0.05, 0) is 42.8 Å². The summed E-state index contributed by atoms with van der Waals surface area (Å²) in [5.74, 6) is -0.0653. The molecule has 1 amide bonds. The van der Waals surface area contributed by atoms with Crippen LogP contribution in [0.2, 0.25) is 0 Å². The SMILES string of the molecule is CCCCNC(=O)Cn1cccc1-c1nc(-c2ccc(OC(F)(F)F)cc2)no1. The van der Waals surface area contributed by atoms with Crippen molar-refractivity contribution in [3.8, 4) is 28.7 Å². The quantitative estimate of drug-likeness (QED) is 0.570. The van der Waals surface area contributed by atoms with Crippen molar-refractivity contribution in [2.75, 3.05) is 6.54 Å². The van der Waals surface area contributed by atoms with Crippen LogP contribution < -0.4 is 10.1 Å². The number of hydrogen-bond donors (Lipinski definition) is 1. The fraction of sp³-hybridized carbons (Fsp3) is 0.316. The molecule has 0 atom stereocenters. The molecular weight excluding hydrogens is 389 g/mol. The Bertz CT molecular complexity index is 948. The molecule has 10 heteroatoms. The topological polar surface area (TPSA) is 82.2 Å². The highest BCUT2D eigenvalue weighted by atomic mass is 19.4. The summed E-state index contributed by atoms with van der Waals surface area (Å²) in [7, 11) is 0. The molecule has 7 nitrogen and oxygen atoms in total. The molecule has 0 spiro atoms. The number of amides is 1. The second-order valence-corrected chi connectivity index (χ2v) is 6.22. The molecule has 154 valence electrons. The predicted molar refractivity (Wildman–Crippen MR) is 97.8 cm³/mol. The van der Waals surface area contributed by atoms with Gasteiger partial charge in [-0.15, -0.1) is 13.2 Å². The Morgan fingerprint density at radius 1 is 1.24 bits per heavy atom. The summed E-state index contributed by atoms with van der Waals surface area (Å²) < 4.78 is 47.5. The first kappa shape index (κ1) is 20.4. The van der Waals surface area contributed by atoms with Crippen molar-refractivity contribution in [3.05, 3.63) is 42.6 Å². The third-order valence-corrected chi connectivity index (χ3v) is 3.99. The van der Waals surface area contributed by atoms with Gasteiger partial charge in [0.1, 0.15) is 18.0 Å². The van der Waals surface area contributed by atoms with E-state index < -0.39 is 6.36 Å². The van der Waals surface area contributed by atoms with Crippen molar-refractivity contribution in [1.82, 2.24) is 20.0 Å². The van der Waals surface area contributed by atoms with Crippen LogP contribution in [0.4, 0.5) is 13.2 Å². The molecule has 2 heterocycles. The van der Waals surface area contributed by atoms with E-state index in [4.69, 9.17) is 4.52 Å². The summed E-state index contributed by atoms with van der Waals surface area (Å²) in [4.78, 5) is 16.3. The van der Waals surface area contributed by atoms with Gasteiger partial charge in [-0.3, -0.25) is 4.79 Å². The number of benzene rings is 1. The number of nitrogens with one attached hydrogen (secondary N) is 1. The van der Waals surface area contributed by atoms with E-state index in [2.05, 4.69) is 20.2 Å². The lowest BCUT2D eigenvalue weighted by Crippen LogP contribution is -2.28. The van der Waals surface area contributed by atoms with Gasteiger partial charge in [-0.25, -0.2) is 0 Å². The van der Waals surface area contributed by atoms with E-state index in [9.17, 15) is 18.0 Å². The summed E-state index contributed by atoms with van der Waals surface area (Å²) in [5.41, 5.74) is 1.02. The smallest absolute Gasteiger partial charge is 0.406 e. The largest absolute Gasteiger partial charge is 0.573 e. The van der Waals surface area contributed by atoms with Crippen molar-refractivity contribution < 1.29 is 27.2 Å². The summed E-state index contributed by atoms with van der Waals surface area (Å²) in [5, 5.41) is 6.70. The minimum atomic E-state index is -4.75. The van der Waals surface area contributed by atoms with E-state index in [0.29, 0.717) is 17.8 Å². The maximum Gasteiger partial charge on any atom is 0.573 e. The number of carbonyl (C=O) groups excluding carboxylic acids is 1. The van der Waals surface area contributed by atoms with Gasteiger partial charge < -0.3 is 19.1 Å². The van der Waals surface area contributed by atoms with Gasteiger partial charge in [-0.1, -0.05) is 18.5 Å². The van der Waals surface area contributed by atoms with Crippen molar-refractivity contribution in [1.29, 1.82) is 0 Å². The van der Waals surface area contributed by atoms with E-state index in [1.807, 2.05) is 6.92 Å². The number of aromatic nitrogens is 3. The molecule has 3 aromatic rings. The number of halogens is 3. The first-order valence-electron chi connectivity index (χ1n) is 8.98. The van der Waals surface area contributed by atoms with Crippen LogP contribution in [0.25, 0.3) is 23.0 Å². The average Bonchev–Trinajstić information content (AvgIpc) is 3.30. The third-order valence-electron chi connectivity index (χ3n) is 3.99. The maximum atomic E-state index is 12.2. The Morgan fingerprint density at radius 2 is 2.00 bits per heavy atom. The molecule has 29 heavy (non-hydrogen) atoms. The van der Waals surface area contributed by atoms with E-state index in [1.165, 1.54) is 24.3 Å². The van der Waals surface area contributed by atoms with Crippen LogP contribution in [0, 0.1) is 0 Å². The van der Waals surface area contributed by atoms with Crippen LogP contribution in [-0.2, 0) is 11.3 Å². The Kier molecular flexibility index (Phi) is 6.20. The van der Waals surface area contributed by atoms with Gasteiger partial charge in [-0.2, -0.15) is 4.98 Å². The number of rotatable bonds is 8. The van der Waals surface area contributed by atoms with Gasteiger partial charge in [0.15, 0.2) is 0 Å². The number of nitrogens with zero attached hydrogens (tertiary/aromatic N) is 3. The molecule has 0 aliphatic carbocycles. The molecule has 0 radical (unpaired) electrons. The van der Waals surface area contributed by atoms with E-state index >= 15 is 0 Å². The van der Waals surface area contributed by atoms with Crippen molar-refractivity contribution in [3.63, 3.8) is 0 Å². The molecule has 1 aromatic carbocycles. The van der Waals surface area contributed by atoms with Crippen molar-refractivity contribution in [2.24, 2.45) is 0 Å². The van der Waals surface area contributed by atoms with Crippen molar-refractivity contribution >= 4 is 5.91 Å². The monoisotopic (exact) mass is 408 g/mol. The summed E-state index contributed by atoms with van der Waals surface area (Å²) >= 11 is 0. The highest BCUT2D eigenvalue weighted by molar-refractivity contribution is 5.76. The Morgan fingerprint density at radius 3 is 2.69 bits per heavy atom. The fourth-order valence-electron chi connectivity index (χ4n) is 2.61. The molecular formula is C19H19F3N4O3. The van der Waals surface area contributed by atoms with E-state index in [1.54, 1.807) is 22.9 Å². The minimum absolute atomic E-state index is 0.104. The second-order valence-electron chi connectivity index (χ2n) is 6.22. The number of ether oxygens (including phenoxy) is 1. The molecule has 0 unspecified atom stereocenters. The van der Waals surface area contributed by atoms with Crippen LogP contribution in [0.15, 0.2) is 47.1 Å². The predicted octanol–water partition coefficient (Wildman–Crippen LogP) is 4.02. The van der Waals surface area contributed by atoms with Crippen LogP contribution in [0.1, 0.15) is 19.8 Å². The summed E-state index contributed by atoms with van der Waals surface area (Å²) in [6.45, 7) is 2.76. The lowest BCUT2D eigenvalue weighted by molar-refractivity contribution is -0.274. The molecule has 0 aliphatic rings. The van der Waals surface area contributed by atoms with E-state index in [0.717, 1.165) is 12.8 Å². The van der Waals surface area contributed by atoms with Crippen LogP contribution in [-0.4, -0.2) is 33.5 Å². The molecule has 0 bridgehead atoms. The average molecular weight is 408 g/mol. The number of unbranched alkanes of at least 4 members (excludes halogenated alkanes) is 1. The zero-order chi connectivity index (χ0) is 20.9. The summed E-state index contributed by atoms with van der Waals surface area (Å²) in [6, 6.07) is 8.62. The van der Waals surface area contributed by atoms with Gasteiger partial charge in [0.2, 0.25) is 11.7 Å². The lowest BCUT2D eigenvalue weighted by atomic mass is 10.2. The molecule has 0 saturated carbocycles. The normalized spacial score (nSPS) is 11.4. The molecule has 3 rings (SSSR count). The van der Waals surface area contributed by atoms with Crippen LogP contribution >= 0.6 is 0 Å². The Labute approximate surface area is 164 Å². The zero-order valence-corrected chi connectivity index (χ0v) is 15.6. The Hall–Kier alpha value is -3.30. The fourth-order valence-corrected chi connectivity index (χ4v) is 2.61. The number of hydrogen-bond acceptors (Lipinski definition) is 5. The van der Waals surface area contributed by atoms with Gasteiger partial charge >= 0.3 is 6.36 Å². The van der Waals surface area contributed by atoms with Gasteiger partial charge in [0.05, 0.1) is 0 Å². The van der Waals surface area contributed by atoms with Gasteiger partial charge in [0.25, 0.3) is 5.89 Å². The molecule has 0 aliphatic heterocycles. The lowest BCUT2D eigenvalue weighted by Gasteiger charge is -2.08. The Balaban J connectivity index is 1.71. The van der Waals surface area contributed by atoms with Crippen molar-refractivity contribution in [2.45, 2.75) is 32.7 Å². The minimum Gasteiger partial charge on any atom is -0.406 e. The standard InChI is InChI=1S/C19H19F3N4O3/c1-2-3-10-23-16(27)12-26-11-4-5-15(26)18-24-17(25-29-18)13-6-8-14(9-7-13)28-19(20,21)22/h4-9,11H,2-3,10,12H2,1H3,(H,23,27). The highest BCUT2D eigenvalue weighted by Crippen LogP contribution is 2.27. The first-order chi connectivity index (χ1) is 13.9. The van der Waals surface area contributed by atoms with Crippen LogP contribution in [0.5, 0.6) is 5.75 Å². The maximum absolute atomic E-state index is 12.2. The summed E-state index contributed by atoms with van der Waals surface area (Å²) in [6.07, 6.45) is -1.13. The zero-order valence-electron chi connectivity index (χ0n) is 15.6. The molecule has 0 saturated heterocycles. The number of alkyl halides is 3. The molecule has 2 aromatic heterocycles. The first-order valence-corrected chi connectivity index (χ1v) is 8.98. The highest BCUT2D eigenvalue weighted by Gasteiger charge is 2.31. The molecule has 1 N–H and O–H groups in total. The van der Waals surface area contributed by atoms with Gasteiger partial charge in [0, 0.05) is 18.3 Å². The second kappa shape index (κ2) is 8.80. The van der Waals surface area contributed by atoms with E-state index in [-0.39, 0.29) is 29.9 Å². The number of carbonyl (C=O) groups is 1. The third kappa shape index (κ3) is 5.59.